The van der Waals surface area contributed by atoms with E-state index in [0.717, 1.165) is 154 Å². The summed E-state index contributed by atoms with van der Waals surface area (Å²) in [4.78, 5) is 38.1. The molecule has 0 saturated carbocycles. The normalized spacial score (nSPS) is 13.0. The van der Waals surface area contributed by atoms with Crippen molar-refractivity contribution in [1.29, 1.82) is 0 Å². The molecule has 0 radical (unpaired) electrons. The van der Waals surface area contributed by atoms with E-state index in [1.165, 1.54) is 51.4 Å². The summed E-state index contributed by atoms with van der Waals surface area (Å²) < 4.78 is 16.8. The third-order valence-corrected chi connectivity index (χ3v) is 11.7. The van der Waals surface area contributed by atoms with Crippen LogP contribution in [0.1, 0.15) is 245 Å². The molecular weight excluding hydrogens is 865 g/mol. The van der Waals surface area contributed by atoms with Crippen LogP contribution in [-0.2, 0) is 28.6 Å². The monoisotopic (exact) mass is 969 g/mol. The van der Waals surface area contributed by atoms with Gasteiger partial charge in [-0.2, -0.15) is 0 Å². The van der Waals surface area contributed by atoms with Gasteiger partial charge in [0.1, 0.15) is 13.2 Å². The van der Waals surface area contributed by atoms with Gasteiger partial charge in [-0.05, 0) is 128 Å². The molecule has 0 spiro atoms. The van der Waals surface area contributed by atoms with Crippen LogP contribution in [0.3, 0.4) is 0 Å². The van der Waals surface area contributed by atoms with Crippen molar-refractivity contribution in [3.63, 3.8) is 0 Å². The smallest absolute Gasteiger partial charge is 0.306 e. The van der Waals surface area contributed by atoms with Gasteiger partial charge < -0.3 is 14.2 Å². The highest BCUT2D eigenvalue weighted by atomic mass is 16.6. The third kappa shape index (κ3) is 54.7. The number of hydrogen-bond donors (Lipinski definition) is 0. The second-order valence-electron chi connectivity index (χ2n) is 18.5. The fraction of sp³-hybridized carbons (Fsp3) is 0.641. The van der Waals surface area contributed by atoms with E-state index in [0.29, 0.717) is 19.3 Å². The Morgan fingerprint density at radius 2 is 0.586 bits per heavy atom. The maximum Gasteiger partial charge on any atom is 0.306 e. The number of rotatable bonds is 50. The molecule has 70 heavy (non-hydrogen) atoms. The Morgan fingerprint density at radius 3 is 0.943 bits per heavy atom. The van der Waals surface area contributed by atoms with Crippen LogP contribution >= 0.6 is 0 Å². The first-order valence-corrected chi connectivity index (χ1v) is 28.5. The summed E-state index contributed by atoms with van der Waals surface area (Å²) in [5.41, 5.74) is 0. The van der Waals surface area contributed by atoms with E-state index in [4.69, 9.17) is 14.2 Å². The number of esters is 3. The van der Waals surface area contributed by atoms with Crippen molar-refractivity contribution in [2.24, 2.45) is 0 Å². The summed E-state index contributed by atoms with van der Waals surface area (Å²) in [5, 5.41) is 0. The van der Waals surface area contributed by atoms with Crippen molar-refractivity contribution in [1.82, 2.24) is 0 Å². The largest absolute Gasteiger partial charge is 0.462 e. The molecule has 396 valence electrons. The molecule has 0 heterocycles. The van der Waals surface area contributed by atoms with Crippen molar-refractivity contribution in [2.45, 2.75) is 252 Å². The van der Waals surface area contributed by atoms with E-state index in [2.05, 4.69) is 142 Å². The minimum Gasteiger partial charge on any atom is -0.462 e. The van der Waals surface area contributed by atoms with Crippen molar-refractivity contribution < 1.29 is 28.6 Å². The molecule has 0 aromatic heterocycles. The minimum absolute atomic E-state index is 0.0994. The van der Waals surface area contributed by atoms with Gasteiger partial charge in [0.05, 0.1) is 0 Å². The molecule has 0 amide bonds. The molecule has 1 atom stereocenters. The van der Waals surface area contributed by atoms with E-state index in [9.17, 15) is 14.4 Å². The Kier molecular flexibility index (Phi) is 54.0. The second-order valence-corrected chi connectivity index (χ2v) is 18.5. The molecule has 1 unspecified atom stereocenters. The predicted octanol–water partition coefficient (Wildman–Crippen LogP) is 19.3. The number of unbranched alkanes of at least 4 members (excludes halogenated alkanes) is 19. The van der Waals surface area contributed by atoms with Crippen molar-refractivity contribution >= 4 is 17.9 Å². The number of carbonyl (C=O) groups excluding carboxylic acids is 3. The molecule has 0 aliphatic heterocycles. The summed E-state index contributed by atoms with van der Waals surface area (Å²) >= 11 is 0. The van der Waals surface area contributed by atoms with Crippen LogP contribution in [0, 0.1) is 0 Å². The summed E-state index contributed by atoms with van der Waals surface area (Å²) in [5.74, 6) is -0.951. The van der Waals surface area contributed by atoms with Gasteiger partial charge in [0, 0.05) is 19.3 Å². The predicted molar refractivity (Wildman–Crippen MR) is 302 cm³/mol. The lowest BCUT2D eigenvalue weighted by molar-refractivity contribution is -0.167. The number of hydrogen-bond acceptors (Lipinski definition) is 6. The quantitative estimate of drug-likeness (QED) is 0.0262. The first-order valence-electron chi connectivity index (χ1n) is 28.5. The Balaban J connectivity index is 4.41. The second kappa shape index (κ2) is 57.4. The lowest BCUT2D eigenvalue weighted by Gasteiger charge is -2.18. The average Bonchev–Trinajstić information content (AvgIpc) is 3.36. The van der Waals surface area contributed by atoms with Gasteiger partial charge >= 0.3 is 17.9 Å². The fourth-order valence-corrected chi connectivity index (χ4v) is 7.39. The molecular formula is C64H104O6. The SMILES string of the molecule is CC/C=C\C/C=C\C/C=C\C/C=C\C/C=C\C/C=C\CCCCCCC(=O)OCC(COC(=O)CCCCCCC/C=C\CCC)OC(=O)CCCCCCCC/C=C\C/C=C\C/C=C\CCCCC. The Labute approximate surface area is 431 Å². The van der Waals surface area contributed by atoms with E-state index in [-0.39, 0.29) is 31.1 Å². The molecule has 0 N–H and O–H groups in total. The van der Waals surface area contributed by atoms with Crippen LogP contribution in [-0.4, -0.2) is 37.2 Å². The fourth-order valence-electron chi connectivity index (χ4n) is 7.39. The highest BCUT2D eigenvalue weighted by molar-refractivity contribution is 5.71. The highest BCUT2D eigenvalue weighted by Gasteiger charge is 2.19. The molecule has 0 aromatic rings. The molecule has 6 heteroatoms. The van der Waals surface area contributed by atoms with Crippen LogP contribution in [0.2, 0.25) is 0 Å². The van der Waals surface area contributed by atoms with Crippen LogP contribution < -0.4 is 0 Å². The van der Waals surface area contributed by atoms with Gasteiger partial charge in [-0.25, -0.2) is 0 Å². The van der Waals surface area contributed by atoms with Gasteiger partial charge in [-0.3, -0.25) is 14.4 Å². The van der Waals surface area contributed by atoms with Crippen molar-refractivity contribution in [3.05, 3.63) is 122 Å². The highest BCUT2D eigenvalue weighted by Crippen LogP contribution is 2.13. The molecule has 0 aromatic carbocycles. The van der Waals surface area contributed by atoms with Gasteiger partial charge in [-0.1, -0.05) is 219 Å². The van der Waals surface area contributed by atoms with Crippen molar-refractivity contribution in [2.75, 3.05) is 13.2 Å². The van der Waals surface area contributed by atoms with Gasteiger partial charge in [0.25, 0.3) is 0 Å². The molecule has 0 fully saturated rings. The molecule has 0 bridgehead atoms. The van der Waals surface area contributed by atoms with Gasteiger partial charge in [-0.15, -0.1) is 0 Å². The van der Waals surface area contributed by atoms with Crippen molar-refractivity contribution in [3.8, 4) is 0 Å². The van der Waals surface area contributed by atoms with Crippen LogP contribution in [0.25, 0.3) is 0 Å². The maximum atomic E-state index is 12.8. The topological polar surface area (TPSA) is 78.9 Å². The number of allylic oxidation sites excluding steroid dienone is 20. The van der Waals surface area contributed by atoms with E-state index in [1.54, 1.807) is 0 Å². The van der Waals surface area contributed by atoms with Gasteiger partial charge in [0.2, 0.25) is 0 Å². The zero-order valence-electron chi connectivity index (χ0n) is 45.2. The maximum absolute atomic E-state index is 12.8. The number of ether oxygens (including phenoxy) is 3. The van der Waals surface area contributed by atoms with Crippen LogP contribution in [0.5, 0.6) is 0 Å². The van der Waals surface area contributed by atoms with E-state index >= 15 is 0 Å². The Hall–Kier alpha value is -4.19. The summed E-state index contributed by atoms with van der Waals surface area (Å²) in [7, 11) is 0. The van der Waals surface area contributed by atoms with Crippen LogP contribution in [0.4, 0.5) is 0 Å². The first kappa shape index (κ1) is 65.8. The Bertz CT molecular complexity index is 1490. The lowest BCUT2D eigenvalue weighted by atomic mass is 10.1. The summed E-state index contributed by atoms with van der Waals surface area (Å²) in [6.07, 6.45) is 79.0. The molecule has 6 nitrogen and oxygen atoms in total. The van der Waals surface area contributed by atoms with E-state index in [1.807, 2.05) is 0 Å². The minimum atomic E-state index is -0.803. The first-order chi connectivity index (χ1) is 34.5. The number of carbonyl (C=O) groups is 3. The molecule has 0 aliphatic rings. The third-order valence-electron chi connectivity index (χ3n) is 11.7. The summed E-state index contributed by atoms with van der Waals surface area (Å²) in [6.45, 7) is 6.39. The zero-order chi connectivity index (χ0) is 50.7. The molecule has 0 aliphatic carbocycles. The van der Waals surface area contributed by atoms with Gasteiger partial charge in [0.15, 0.2) is 6.10 Å². The van der Waals surface area contributed by atoms with E-state index < -0.39 is 6.10 Å². The summed E-state index contributed by atoms with van der Waals surface area (Å²) in [6, 6.07) is 0. The van der Waals surface area contributed by atoms with Crippen LogP contribution in [0.15, 0.2) is 122 Å². The lowest BCUT2D eigenvalue weighted by Crippen LogP contribution is -2.30. The molecule has 0 saturated heterocycles. The zero-order valence-corrected chi connectivity index (χ0v) is 45.2. The average molecular weight is 970 g/mol. The standard InChI is InChI=1S/C64H104O6/c1-4-7-10-13-16-19-22-24-26-28-30-31-32-33-35-36-38-40-42-45-48-51-54-57-63(66)69-60-61(59-68-62(65)56-53-50-47-44-21-18-15-12-9-6-3)70-64(67)58-55-52-49-46-43-41-39-37-34-29-27-25-23-20-17-14-11-8-5-2/h7,10,12,15-17,19-20,24-27,30-31,33-35,37-38,40,61H,4-6,8-9,11,13-14,18,21-23,28-29,32,36,39,41-60H2,1-3H3/b10-7-,15-12-,19-16-,20-17-,26-24-,27-25-,31-30-,35-33-,37-34-,40-38-. The molecule has 0 rings (SSSR count). The Morgan fingerprint density at radius 1 is 0.300 bits per heavy atom.